The van der Waals surface area contributed by atoms with Gasteiger partial charge in [-0.3, -0.25) is 5.41 Å². The first-order valence-electron chi connectivity index (χ1n) is 8.35. The molecule has 0 radical (unpaired) electrons. The molecule has 2 atom stereocenters. The van der Waals surface area contributed by atoms with Gasteiger partial charge in [0, 0.05) is 11.5 Å². The van der Waals surface area contributed by atoms with Gasteiger partial charge >= 0.3 is 5.97 Å². The Balaban J connectivity index is 2.26. The zero-order valence-electron chi connectivity index (χ0n) is 14.3. The maximum atomic E-state index is 12.8. The molecule has 5 heteroatoms. The standard InChI is InChI=1S/C21H18N2O3/c1-2-25-21(24)18-17(14-9-5-3-6-10-14)16(13-22)20(23)26-19(18)15-11-7-4-8-12-15/h3-12,16-17,23H,2H2,1H3. The minimum absolute atomic E-state index is 0.173. The third-order valence-electron chi connectivity index (χ3n) is 4.21. The normalized spacial score (nSPS) is 19.5. The molecule has 0 fully saturated rings. The van der Waals surface area contributed by atoms with E-state index in [0.717, 1.165) is 5.56 Å². The van der Waals surface area contributed by atoms with E-state index in [4.69, 9.17) is 14.9 Å². The van der Waals surface area contributed by atoms with E-state index < -0.39 is 17.8 Å². The van der Waals surface area contributed by atoms with Gasteiger partial charge in [-0.15, -0.1) is 0 Å². The lowest BCUT2D eigenvalue weighted by Gasteiger charge is -2.31. The molecule has 0 aliphatic carbocycles. The lowest BCUT2D eigenvalue weighted by Crippen LogP contribution is -2.33. The van der Waals surface area contributed by atoms with Crippen LogP contribution in [0.4, 0.5) is 0 Å². The van der Waals surface area contributed by atoms with Crippen LogP contribution in [0.5, 0.6) is 0 Å². The van der Waals surface area contributed by atoms with Crippen molar-refractivity contribution in [3.63, 3.8) is 0 Å². The lowest BCUT2D eigenvalue weighted by molar-refractivity contribution is -0.139. The molecule has 1 aliphatic rings. The van der Waals surface area contributed by atoms with Crippen molar-refractivity contribution >= 4 is 17.6 Å². The van der Waals surface area contributed by atoms with Gasteiger partial charge in [0.05, 0.1) is 18.2 Å². The molecule has 1 heterocycles. The molecule has 1 N–H and O–H groups in total. The van der Waals surface area contributed by atoms with Crippen molar-refractivity contribution in [2.75, 3.05) is 6.61 Å². The van der Waals surface area contributed by atoms with Crippen molar-refractivity contribution in [1.29, 1.82) is 10.7 Å². The summed E-state index contributed by atoms with van der Waals surface area (Å²) < 4.78 is 10.9. The molecular formula is C21H18N2O3. The van der Waals surface area contributed by atoms with Gasteiger partial charge in [0.1, 0.15) is 11.7 Å². The zero-order valence-corrected chi connectivity index (χ0v) is 14.3. The van der Waals surface area contributed by atoms with Crippen molar-refractivity contribution in [3.05, 3.63) is 77.4 Å². The highest BCUT2D eigenvalue weighted by Gasteiger charge is 2.42. The van der Waals surface area contributed by atoms with Crippen LogP contribution in [0.2, 0.25) is 0 Å². The molecule has 2 aromatic rings. The van der Waals surface area contributed by atoms with Crippen LogP contribution in [-0.2, 0) is 14.3 Å². The number of hydrogen-bond donors (Lipinski definition) is 1. The molecule has 130 valence electrons. The number of benzene rings is 2. The van der Waals surface area contributed by atoms with Crippen molar-refractivity contribution < 1.29 is 14.3 Å². The van der Waals surface area contributed by atoms with Crippen LogP contribution in [0.3, 0.4) is 0 Å². The Hall–Kier alpha value is -3.39. The summed E-state index contributed by atoms with van der Waals surface area (Å²) in [5.74, 6) is -1.96. The van der Waals surface area contributed by atoms with Gasteiger partial charge in [0.25, 0.3) is 0 Å². The first-order valence-corrected chi connectivity index (χ1v) is 8.35. The van der Waals surface area contributed by atoms with Crippen LogP contribution in [0.25, 0.3) is 5.76 Å². The maximum absolute atomic E-state index is 12.8. The summed E-state index contributed by atoms with van der Waals surface area (Å²) in [5, 5.41) is 17.8. The molecule has 0 bridgehead atoms. The van der Waals surface area contributed by atoms with E-state index in [9.17, 15) is 10.1 Å². The van der Waals surface area contributed by atoms with Gasteiger partial charge in [-0.1, -0.05) is 60.7 Å². The summed E-state index contributed by atoms with van der Waals surface area (Å²) in [5.41, 5.74) is 1.70. The van der Waals surface area contributed by atoms with E-state index in [2.05, 4.69) is 6.07 Å². The van der Waals surface area contributed by atoms with Crippen LogP contribution in [-0.4, -0.2) is 18.5 Å². The number of ether oxygens (including phenoxy) is 2. The lowest BCUT2D eigenvalue weighted by atomic mass is 9.78. The van der Waals surface area contributed by atoms with Gasteiger partial charge in [-0.25, -0.2) is 4.79 Å². The fraction of sp³-hybridized carbons (Fsp3) is 0.190. The molecule has 0 saturated carbocycles. The van der Waals surface area contributed by atoms with Crippen molar-refractivity contribution in [1.82, 2.24) is 0 Å². The van der Waals surface area contributed by atoms with Gasteiger partial charge in [-0.2, -0.15) is 5.26 Å². The molecule has 5 nitrogen and oxygen atoms in total. The van der Waals surface area contributed by atoms with Crippen LogP contribution in [0.1, 0.15) is 24.0 Å². The summed E-state index contributed by atoms with van der Waals surface area (Å²) in [6.07, 6.45) is 0. The Labute approximate surface area is 152 Å². The SMILES string of the molecule is CCOC(=O)C1=C(c2ccccc2)OC(=N)C(C#N)C1c1ccccc1. The molecule has 0 amide bonds. The first kappa shape index (κ1) is 17.4. The number of nitriles is 1. The highest BCUT2D eigenvalue weighted by molar-refractivity contribution is 6.03. The number of carbonyl (C=O) groups is 1. The Morgan fingerprint density at radius 3 is 2.35 bits per heavy atom. The van der Waals surface area contributed by atoms with E-state index in [1.807, 2.05) is 48.5 Å². The first-order chi connectivity index (χ1) is 12.7. The van der Waals surface area contributed by atoms with Crippen molar-refractivity contribution in [2.24, 2.45) is 5.92 Å². The van der Waals surface area contributed by atoms with E-state index in [-0.39, 0.29) is 23.8 Å². The number of nitrogens with one attached hydrogen (secondary N) is 1. The minimum atomic E-state index is -0.899. The topological polar surface area (TPSA) is 83.2 Å². The predicted octanol–water partition coefficient (Wildman–Crippen LogP) is 3.89. The quantitative estimate of drug-likeness (QED) is 0.851. The van der Waals surface area contributed by atoms with Crippen molar-refractivity contribution in [2.45, 2.75) is 12.8 Å². The third-order valence-corrected chi connectivity index (χ3v) is 4.21. The molecule has 0 aromatic heterocycles. The summed E-state index contributed by atoms with van der Waals surface area (Å²) in [6, 6.07) is 20.5. The summed E-state index contributed by atoms with van der Waals surface area (Å²) in [7, 11) is 0. The predicted molar refractivity (Wildman–Crippen MR) is 97.1 cm³/mol. The molecule has 0 spiro atoms. The second-order valence-electron chi connectivity index (χ2n) is 5.79. The minimum Gasteiger partial charge on any atom is -0.463 e. The second-order valence-corrected chi connectivity index (χ2v) is 5.79. The Morgan fingerprint density at radius 2 is 1.77 bits per heavy atom. The molecule has 26 heavy (non-hydrogen) atoms. The van der Waals surface area contributed by atoms with Gasteiger partial charge in [0.15, 0.2) is 0 Å². The van der Waals surface area contributed by atoms with E-state index in [1.54, 1.807) is 19.1 Å². The summed E-state index contributed by atoms with van der Waals surface area (Å²) in [6.45, 7) is 1.94. The Morgan fingerprint density at radius 1 is 1.15 bits per heavy atom. The molecule has 3 rings (SSSR count). The summed E-state index contributed by atoms with van der Waals surface area (Å²) in [4.78, 5) is 12.8. The van der Waals surface area contributed by atoms with Gasteiger partial charge in [0.2, 0.25) is 5.90 Å². The number of nitrogens with zero attached hydrogens (tertiary/aromatic N) is 1. The fourth-order valence-corrected chi connectivity index (χ4v) is 3.07. The second kappa shape index (κ2) is 7.66. The van der Waals surface area contributed by atoms with Gasteiger partial charge < -0.3 is 9.47 Å². The Kier molecular flexibility index (Phi) is 5.14. The third kappa shape index (κ3) is 3.22. The number of esters is 1. The Bertz CT molecular complexity index is 882. The average Bonchev–Trinajstić information content (AvgIpc) is 2.68. The molecule has 1 aliphatic heterocycles. The van der Waals surface area contributed by atoms with E-state index in [1.165, 1.54) is 0 Å². The number of hydrogen-bond acceptors (Lipinski definition) is 5. The molecule has 0 saturated heterocycles. The summed E-state index contributed by atoms with van der Waals surface area (Å²) >= 11 is 0. The highest BCUT2D eigenvalue weighted by Crippen LogP contribution is 2.42. The largest absolute Gasteiger partial charge is 0.463 e. The molecular weight excluding hydrogens is 328 g/mol. The van der Waals surface area contributed by atoms with Crippen molar-refractivity contribution in [3.8, 4) is 6.07 Å². The zero-order chi connectivity index (χ0) is 18.5. The van der Waals surface area contributed by atoms with Gasteiger partial charge in [-0.05, 0) is 12.5 Å². The van der Waals surface area contributed by atoms with Crippen LogP contribution in [0.15, 0.2) is 66.2 Å². The monoisotopic (exact) mass is 346 g/mol. The smallest absolute Gasteiger partial charge is 0.338 e. The number of rotatable bonds is 4. The van der Waals surface area contributed by atoms with Crippen LogP contribution < -0.4 is 0 Å². The average molecular weight is 346 g/mol. The maximum Gasteiger partial charge on any atom is 0.338 e. The van der Waals surface area contributed by atoms with Crippen LogP contribution >= 0.6 is 0 Å². The number of carbonyl (C=O) groups excluding carboxylic acids is 1. The van der Waals surface area contributed by atoms with E-state index >= 15 is 0 Å². The molecule has 2 aromatic carbocycles. The van der Waals surface area contributed by atoms with Crippen LogP contribution in [0, 0.1) is 22.7 Å². The highest BCUT2D eigenvalue weighted by atomic mass is 16.5. The fourth-order valence-electron chi connectivity index (χ4n) is 3.07. The van der Waals surface area contributed by atoms with E-state index in [0.29, 0.717) is 5.56 Å². The molecule has 2 unspecified atom stereocenters.